The van der Waals surface area contributed by atoms with Gasteiger partial charge in [0, 0.05) is 18.3 Å². The number of nitrogens with one attached hydrogen (secondary N) is 2. The number of amides is 2. The Bertz CT molecular complexity index is 908. The molecule has 2 aromatic rings. The predicted octanol–water partition coefficient (Wildman–Crippen LogP) is 2.95. The van der Waals surface area contributed by atoms with Gasteiger partial charge in [-0.15, -0.1) is 0 Å². The number of likely N-dealkylation sites (N-methyl/N-ethyl adjacent to an activating group) is 1. The van der Waals surface area contributed by atoms with Crippen LogP contribution in [-0.4, -0.2) is 50.1 Å². The smallest absolute Gasteiger partial charge is 0.243 e. The van der Waals surface area contributed by atoms with Crippen molar-refractivity contribution in [3.8, 4) is 11.5 Å². The van der Waals surface area contributed by atoms with Crippen molar-refractivity contribution in [1.82, 2.24) is 10.2 Å². The Morgan fingerprint density at radius 3 is 2.42 bits per heavy atom. The molecular weight excluding hydrogens is 408 g/mol. The molecule has 2 aromatic carbocycles. The van der Waals surface area contributed by atoms with Gasteiger partial charge in [-0.3, -0.25) is 14.5 Å². The molecule has 0 unspecified atom stereocenters. The Kier molecular flexibility index (Phi) is 9.20. The molecule has 168 valence electrons. The van der Waals surface area contributed by atoms with Gasteiger partial charge in [-0.1, -0.05) is 13.0 Å². The first-order valence-electron chi connectivity index (χ1n) is 9.89. The van der Waals surface area contributed by atoms with Crippen LogP contribution in [0.5, 0.6) is 11.5 Å². The summed E-state index contributed by atoms with van der Waals surface area (Å²) < 4.78 is 37.0. The number of carbonyl (C=O) groups excluding carboxylic acids is 2. The first-order chi connectivity index (χ1) is 14.9. The summed E-state index contributed by atoms with van der Waals surface area (Å²) in [6.45, 7) is 5.27. The average molecular weight is 435 g/mol. The summed E-state index contributed by atoms with van der Waals surface area (Å²) in [6, 6.07) is 8.62. The number of carbonyl (C=O) groups is 2. The third kappa shape index (κ3) is 7.53. The topological polar surface area (TPSA) is 79.9 Å². The standard InChI is InChI=1S/C22H27F2N3O4/c1-4-27(13-15-6-9-19(31-5-2)20(10-15)30-3)14-22(29)25-12-21(28)26-16-7-8-17(23)18(24)11-16/h6-11H,4-5,12-14H2,1-3H3,(H,25,29)(H,26,28). The van der Waals surface area contributed by atoms with E-state index in [1.54, 1.807) is 7.11 Å². The summed E-state index contributed by atoms with van der Waals surface area (Å²) in [7, 11) is 1.57. The van der Waals surface area contributed by atoms with Gasteiger partial charge in [-0.2, -0.15) is 0 Å². The molecule has 0 aliphatic heterocycles. The average Bonchev–Trinajstić information content (AvgIpc) is 2.75. The lowest BCUT2D eigenvalue weighted by atomic mass is 10.2. The number of benzene rings is 2. The van der Waals surface area contributed by atoms with Crippen LogP contribution < -0.4 is 20.1 Å². The monoisotopic (exact) mass is 435 g/mol. The van der Waals surface area contributed by atoms with Crippen LogP contribution in [0.25, 0.3) is 0 Å². The lowest BCUT2D eigenvalue weighted by Gasteiger charge is -2.20. The molecule has 9 heteroatoms. The van der Waals surface area contributed by atoms with Crippen LogP contribution in [0.1, 0.15) is 19.4 Å². The summed E-state index contributed by atoms with van der Waals surface area (Å²) in [6.07, 6.45) is 0. The van der Waals surface area contributed by atoms with Gasteiger partial charge in [-0.05, 0) is 43.3 Å². The number of hydrogen-bond donors (Lipinski definition) is 2. The van der Waals surface area contributed by atoms with Gasteiger partial charge in [0.2, 0.25) is 11.8 Å². The number of methoxy groups -OCH3 is 1. The Hall–Kier alpha value is -3.20. The number of halogens is 2. The Balaban J connectivity index is 1.85. The number of ether oxygens (including phenoxy) is 2. The number of rotatable bonds is 11. The van der Waals surface area contributed by atoms with Crippen molar-refractivity contribution < 1.29 is 27.8 Å². The molecule has 2 amide bonds. The molecule has 2 N–H and O–H groups in total. The fourth-order valence-corrected chi connectivity index (χ4v) is 2.84. The van der Waals surface area contributed by atoms with Crippen LogP contribution in [0.4, 0.5) is 14.5 Å². The van der Waals surface area contributed by atoms with E-state index in [1.807, 2.05) is 36.9 Å². The minimum absolute atomic E-state index is 0.0878. The largest absolute Gasteiger partial charge is 0.493 e. The Labute approximate surface area is 180 Å². The molecule has 0 aliphatic rings. The van der Waals surface area contributed by atoms with Crippen molar-refractivity contribution in [3.63, 3.8) is 0 Å². The van der Waals surface area contributed by atoms with Gasteiger partial charge in [0.1, 0.15) is 0 Å². The van der Waals surface area contributed by atoms with E-state index in [1.165, 1.54) is 6.07 Å². The maximum atomic E-state index is 13.2. The van der Waals surface area contributed by atoms with E-state index >= 15 is 0 Å². The van der Waals surface area contributed by atoms with Crippen LogP contribution in [0.2, 0.25) is 0 Å². The molecule has 0 heterocycles. The van der Waals surface area contributed by atoms with Crippen molar-refractivity contribution in [3.05, 3.63) is 53.6 Å². The quantitative estimate of drug-likeness (QED) is 0.567. The lowest BCUT2D eigenvalue weighted by Crippen LogP contribution is -2.40. The third-order valence-electron chi connectivity index (χ3n) is 4.40. The summed E-state index contributed by atoms with van der Waals surface area (Å²) in [5.74, 6) is -1.67. The highest BCUT2D eigenvalue weighted by Crippen LogP contribution is 2.28. The Morgan fingerprint density at radius 2 is 1.77 bits per heavy atom. The van der Waals surface area contributed by atoms with E-state index < -0.39 is 17.5 Å². The zero-order chi connectivity index (χ0) is 22.8. The van der Waals surface area contributed by atoms with E-state index in [0.717, 1.165) is 17.7 Å². The van der Waals surface area contributed by atoms with Crippen LogP contribution in [-0.2, 0) is 16.1 Å². The van der Waals surface area contributed by atoms with Gasteiger partial charge >= 0.3 is 0 Å². The van der Waals surface area contributed by atoms with Gasteiger partial charge in [-0.25, -0.2) is 8.78 Å². The minimum Gasteiger partial charge on any atom is -0.493 e. The normalized spacial score (nSPS) is 10.6. The van der Waals surface area contributed by atoms with Crippen molar-refractivity contribution in [2.75, 3.05) is 38.7 Å². The summed E-state index contributed by atoms with van der Waals surface area (Å²) in [5.41, 5.74) is 1.06. The first-order valence-corrected chi connectivity index (χ1v) is 9.89. The summed E-state index contributed by atoms with van der Waals surface area (Å²) >= 11 is 0. The SMILES string of the molecule is CCOc1ccc(CN(CC)CC(=O)NCC(=O)Nc2ccc(F)c(F)c2)cc1OC. The molecule has 0 aromatic heterocycles. The van der Waals surface area contributed by atoms with Crippen molar-refractivity contribution in [2.24, 2.45) is 0 Å². The Morgan fingerprint density at radius 1 is 1.00 bits per heavy atom. The number of hydrogen-bond acceptors (Lipinski definition) is 5. The van der Waals surface area contributed by atoms with Crippen molar-refractivity contribution in [2.45, 2.75) is 20.4 Å². The van der Waals surface area contributed by atoms with E-state index in [2.05, 4.69) is 10.6 Å². The maximum absolute atomic E-state index is 13.2. The fraction of sp³-hybridized carbons (Fsp3) is 0.364. The van der Waals surface area contributed by atoms with E-state index in [4.69, 9.17) is 9.47 Å². The summed E-state index contributed by atoms with van der Waals surface area (Å²) in [4.78, 5) is 26.1. The van der Waals surface area contributed by atoms with Crippen LogP contribution >= 0.6 is 0 Å². The zero-order valence-electron chi connectivity index (χ0n) is 17.8. The van der Waals surface area contributed by atoms with E-state index in [-0.39, 0.29) is 24.7 Å². The second-order valence-electron chi connectivity index (χ2n) is 6.68. The molecule has 0 spiro atoms. The predicted molar refractivity (Wildman–Crippen MR) is 113 cm³/mol. The molecule has 2 rings (SSSR count). The van der Waals surface area contributed by atoms with Gasteiger partial charge in [0.15, 0.2) is 23.1 Å². The zero-order valence-corrected chi connectivity index (χ0v) is 17.8. The molecular formula is C22H27F2N3O4. The highest BCUT2D eigenvalue weighted by molar-refractivity contribution is 5.94. The molecule has 31 heavy (non-hydrogen) atoms. The molecule has 0 fully saturated rings. The molecule has 7 nitrogen and oxygen atoms in total. The van der Waals surface area contributed by atoms with Gasteiger partial charge in [0.25, 0.3) is 0 Å². The van der Waals surface area contributed by atoms with Crippen LogP contribution in [0.15, 0.2) is 36.4 Å². The highest BCUT2D eigenvalue weighted by atomic mass is 19.2. The third-order valence-corrected chi connectivity index (χ3v) is 4.40. The van der Waals surface area contributed by atoms with Crippen LogP contribution in [0.3, 0.4) is 0 Å². The second kappa shape index (κ2) is 11.8. The van der Waals surface area contributed by atoms with Gasteiger partial charge in [0.05, 0.1) is 26.8 Å². The lowest BCUT2D eigenvalue weighted by molar-refractivity contribution is -0.125. The maximum Gasteiger partial charge on any atom is 0.243 e. The molecule has 0 saturated carbocycles. The fourth-order valence-electron chi connectivity index (χ4n) is 2.84. The number of nitrogens with zero attached hydrogens (tertiary/aromatic N) is 1. The molecule has 0 saturated heterocycles. The number of anilines is 1. The molecule has 0 atom stereocenters. The van der Waals surface area contributed by atoms with Crippen LogP contribution in [0, 0.1) is 11.6 Å². The van der Waals surface area contributed by atoms with Crippen molar-refractivity contribution in [1.29, 1.82) is 0 Å². The molecule has 0 aliphatic carbocycles. The molecule has 0 bridgehead atoms. The summed E-state index contributed by atoms with van der Waals surface area (Å²) in [5, 5.41) is 4.92. The van der Waals surface area contributed by atoms with Crippen molar-refractivity contribution >= 4 is 17.5 Å². The van der Waals surface area contributed by atoms with E-state index in [0.29, 0.717) is 31.2 Å². The highest BCUT2D eigenvalue weighted by Gasteiger charge is 2.13. The first kappa shape index (κ1) is 24.1. The second-order valence-corrected chi connectivity index (χ2v) is 6.68. The minimum atomic E-state index is -1.06. The van der Waals surface area contributed by atoms with Gasteiger partial charge < -0.3 is 20.1 Å². The van der Waals surface area contributed by atoms with E-state index in [9.17, 15) is 18.4 Å². The molecule has 0 radical (unpaired) electrons.